The molecule has 1 aromatic carbocycles. The van der Waals surface area contributed by atoms with E-state index < -0.39 is 0 Å². The van der Waals surface area contributed by atoms with Gasteiger partial charge < -0.3 is 10.5 Å². The molecule has 0 aliphatic rings. The minimum Gasteiger partial charge on any atom is -0.497 e. The van der Waals surface area contributed by atoms with Gasteiger partial charge in [-0.15, -0.1) is 11.3 Å². The van der Waals surface area contributed by atoms with Crippen LogP contribution in [-0.4, -0.2) is 32.1 Å². The molecule has 0 bridgehead atoms. The van der Waals surface area contributed by atoms with Gasteiger partial charge in [0, 0.05) is 24.0 Å². The van der Waals surface area contributed by atoms with Crippen LogP contribution < -0.4 is 10.5 Å². The SMILES string of the molecule is COc1ccc(C(CN)N(C)CCc2cccs2)cc1. The number of hydrogen-bond acceptors (Lipinski definition) is 4. The van der Waals surface area contributed by atoms with E-state index in [0.29, 0.717) is 6.54 Å². The van der Waals surface area contributed by atoms with Crippen LogP contribution in [0.5, 0.6) is 5.75 Å². The van der Waals surface area contributed by atoms with Crippen molar-refractivity contribution in [2.24, 2.45) is 5.73 Å². The Morgan fingerprint density at radius 2 is 2.00 bits per heavy atom. The zero-order valence-electron chi connectivity index (χ0n) is 12.1. The molecular formula is C16H22N2OS. The molecule has 1 unspecified atom stereocenters. The number of nitrogens with zero attached hydrogens (tertiary/aromatic N) is 1. The van der Waals surface area contributed by atoms with E-state index in [2.05, 4.69) is 41.6 Å². The Kier molecular flexibility index (Phi) is 5.59. The van der Waals surface area contributed by atoms with E-state index >= 15 is 0 Å². The van der Waals surface area contributed by atoms with Gasteiger partial charge in [0.15, 0.2) is 0 Å². The largest absolute Gasteiger partial charge is 0.497 e. The predicted octanol–water partition coefficient (Wildman–Crippen LogP) is 2.93. The van der Waals surface area contributed by atoms with E-state index in [-0.39, 0.29) is 6.04 Å². The van der Waals surface area contributed by atoms with Gasteiger partial charge in [0.05, 0.1) is 7.11 Å². The van der Waals surface area contributed by atoms with Crippen LogP contribution in [0, 0.1) is 0 Å². The summed E-state index contributed by atoms with van der Waals surface area (Å²) in [5, 5.41) is 2.12. The first-order chi connectivity index (χ1) is 9.74. The van der Waals surface area contributed by atoms with Gasteiger partial charge in [0.25, 0.3) is 0 Å². The molecule has 2 rings (SSSR count). The Morgan fingerprint density at radius 1 is 1.25 bits per heavy atom. The summed E-state index contributed by atoms with van der Waals surface area (Å²) in [6.07, 6.45) is 1.07. The average molecular weight is 290 g/mol. The first-order valence-corrected chi connectivity index (χ1v) is 7.69. The molecule has 2 N–H and O–H groups in total. The van der Waals surface area contributed by atoms with Gasteiger partial charge >= 0.3 is 0 Å². The van der Waals surface area contributed by atoms with E-state index in [1.54, 1.807) is 7.11 Å². The molecular weight excluding hydrogens is 268 g/mol. The van der Waals surface area contributed by atoms with Crippen molar-refractivity contribution in [2.45, 2.75) is 12.5 Å². The van der Waals surface area contributed by atoms with Gasteiger partial charge in [-0.1, -0.05) is 18.2 Å². The highest BCUT2D eigenvalue weighted by Crippen LogP contribution is 2.22. The lowest BCUT2D eigenvalue weighted by molar-refractivity contribution is 0.253. The summed E-state index contributed by atoms with van der Waals surface area (Å²) in [7, 11) is 3.82. The number of rotatable bonds is 7. The number of nitrogens with two attached hydrogens (primary N) is 1. The van der Waals surface area contributed by atoms with Crippen molar-refractivity contribution in [1.29, 1.82) is 0 Å². The second-order valence-electron chi connectivity index (χ2n) is 4.83. The smallest absolute Gasteiger partial charge is 0.118 e. The Balaban J connectivity index is 1.98. The van der Waals surface area contributed by atoms with Crippen LogP contribution >= 0.6 is 11.3 Å². The third kappa shape index (κ3) is 3.82. The summed E-state index contributed by atoms with van der Waals surface area (Å²) in [4.78, 5) is 3.74. The molecule has 1 atom stereocenters. The lowest BCUT2D eigenvalue weighted by atomic mass is 10.1. The van der Waals surface area contributed by atoms with Gasteiger partial charge in [0.1, 0.15) is 5.75 Å². The molecule has 20 heavy (non-hydrogen) atoms. The molecule has 0 saturated carbocycles. The van der Waals surface area contributed by atoms with Crippen LogP contribution in [0.3, 0.4) is 0 Å². The van der Waals surface area contributed by atoms with E-state index in [1.807, 2.05) is 23.5 Å². The Hall–Kier alpha value is -1.36. The van der Waals surface area contributed by atoms with Gasteiger partial charge in [-0.3, -0.25) is 4.90 Å². The molecule has 0 aliphatic heterocycles. The highest BCUT2D eigenvalue weighted by molar-refractivity contribution is 7.09. The van der Waals surface area contributed by atoms with Crippen molar-refractivity contribution < 1.29 is 4.74 Å². The monoisotopic (exact) mass is 290 g/mol. The van der Waals surface area contributed by atoms with Crippen molar-refractivity contribution in [2.75, 3.05) is 27.2 Å². The molecule has 4 heteroatoms. The Labute approximate surface area is 125 Å². The van der Waals surface area contributed by atoms with Crippen LogP contribution in [0.2, 0.25) is 0 Å². The van der Waals surface area contributed by atoms with Crippen molar-refractivity contribution in [3.8, 4) is 5.75 Å². The normalized spacial score (nSPS) is 12.6. The highest BCUT2D eigenvalue weighted by Gasteiger charge is 2.15. The van der Waals surface area contributed by atoms with Crippen LogP contribution in [0.15, 0.2) is 41.8 Å². The molecule has 3 nitrogen and oxygen atoms in total. The van der Waals surface area contributed by atoms with Gasteiger partial charge in [-0.2, -0.15) is 0 Å². The minimum absolute atomic E-state index is 0.251. The van der Waals surface area contributed by atoms with Gasteiger partial charge in [-0.05, 0) is 42.6 Å². The fourth-order valence-electron chi connectivity index (χ4n) is 2.29. The van der Waals surface area contributed by atoms with E-state index in [1.165, 1.54) is 10.4 Å². The molecule has 0 radical (unpaired) electrons. The zero-order chi connectivity index (χ0) is 14.4. The molecule has 0 saturated heterocycles. The maximum atomic E-state index is 5.95. The van der Waals surface area contributed by atoms with E-state index in [9.17, 15) is 0 Å². The number of hydrogen-bond donors (Lipinski definition) is 1. The molecule has 1 aromatic heterocycles. The maximum absolute atomic E-state index is 5.95. The third-order valence-corrected chi connectivity index (χ3v) is 4.48. The maximum Gasteiger partial charge on any atom is 0.118 e. The summed E-state index contributed by atoms with van der Waals surface area (Å²) in [5.74, 6) is 0.880. The Morgan fingerprint density at radius 3 is 2.55 bits per heavy atom. The first kappa shape index (κ1) is 15.0. The summed E-state index contributed by atoms with van der Waals surface area (Å²) in [6, 6.07) is 12.7. The van der Waals surface area contributed by atoms with Gasteiger partial charge in [-0.25, -0.2) is 0 Å². The molecule has 0 spiro atoms. The molecule has 2 aromatic rings. The van der Waals surface area contributed by atoms with Gasteiger partial charge in [0.2, 0.25) is 0 Å². The molecule has 108 valence electrons. The Bertz CT molecular complexity index is 496. The number of benzene rings is 1. The van der Waals surface area contributed by atoms with E-state index in [0.717, 1.165) is 18.7 Å². The van der Waals surface area contributed by atoms with Crippen LogP contribution in [0.25, 0.3) is 0 Å². The highest BCUT2D eigenvalue weighted by atomic mass is 32.1. The third-order valence-electron chi connectivity index (χ3n) is 3.55. The predicted molar refractivity (Wildman–Crippen MR) is 85.4 cm³/mol. The fraction of sp³-hybridized carbons (Fsp3) is 0.375. The molecule has 0 amide bonds. The van der Waals surface area contributed by atoms with Crippen molar-refractivity contribution in [1.82, 2.24) is 4.90 Å². The van der Waals surface area contributed by atoms with Crippen molar-refractivity contribution in [3.05, 3.63) is 52.2 Å². The zero-order valence-corrected chi connectivity index (χ0v) is 12.9. The second-order valence-corrected chi connectivity index (χ2v) is 5.87. The quantitative estimate of drug-likeness (QED) is 0.852. The molecule has 0 aliphatic carbocycles. The van der Waals surface area contributed by atoms with Crippen molar-refractivity contribution in [3.63, 3.8) is 0 Å². The summed E-state index contributed by atoms with van der Waals surface area (Å²) >= 11 is 1.81. The number of likely N-dealkylation sites (N-methyl/N-ethyl adjacent to an activating group) is 1. The average Bonchev–Trinajstić information content (AvgIpc) is 3.00. The first-order valence-electron chi connectivity index (χ1n) is 6.81. The topological polar surface area (TPSA) is 38.5 Å². The van der Waals surface area contributed by atoms with Crippen LogP contribution in [0.4, 0.5) is 0 Å². The lowest BCUT2D eigenvalue weighted by Gasteiger charge is -2.27. The minimum atomic E-state index is 0.251. The summed E-state index contributed by atoms with van der Waals surface area (Å²) in [6.45, 7) is 1.63. The van der Waals surface area contributed by atoms with Crippen LogP contribution in [0.1, 0.15) is 16.5 Å². The lowest BCUT2D eigenvalue weighted by Crippen LogP contribution is -2.32. The summed E-state index contributed by atoms with van der Waals surface area (Å²) in [5.41, 5.74) is 7.19. The van der Waals surface area contributed by atoms with Crippen molar-refractivity contribution >= 4 is 11.3 Å². The molecule has 0 fully saturated rings. The standard InChI is InChI=1S/C16H22N2OS/c1-18(10-9-15-4-3-11-20-15)16(12-17)13-5-7-14(19-2)8-6-13/h3-8,11,16H,9-10,12,17H2,1-2H3. The second kappa shape index (κ2) is 7.43. The molecule has 1 heterocycles. The number of ether oxygens (including phenoxy) is 1. The van der Waals surface area contributed by atoms with E-state index in [4.69, 9.17) is 10.5 Å². The fourth-order valence-corrected chi connectivity index (χ4v) is 2.99. The number of thiophene rings is 1. The van der Waals surface area contributed by atoms with Crippen LogP contribution in [-0.2, 0) is 6.42 Å². The summed E-state index contributed by atoms with van der Waals surface area (Å²) < 4.78 is 5.20. The number of methoxy groups -OCH3 is 1.